The Labute approximate surface area is 126 Å². The molecular weight excluding hydrogens is 284 g/mol. The van der Waals surface area contributed by atoms with Crippen molar-refractivity contribution in [3.63, 3.8) is 0 Å². The number of nitrogens with one attached hydrogen (secondary N) is 2. The Kier molecular flexibility index (Phi) is 3.95. The Hall–Kier alpha value is -2.96. The van der Waals surface area contributed by atoms with Crippen molar-refractivity contribution in [1.29, 1.82) is 0 Å². The number of benzene rings is 1. The maximum atomic E-state index is 11.7. The van der Waals surface area contributed by atoms with Gasteiger partial charge < -0.3 is 10.1 Å². The van der Waals surface area contributed by atoms with Crippen LogP contribution in [0.15, 0.2) is 42.6 Å². The molecule has 1 aliphatic rings. The lowest BCUT2D eigenvalue weighted by Gasteiger charge is -2.21. The van der Waals surface area contributed by atoms with E-state index < -0.39 is 6.04 Å². The molecule has 2 amide bonds. The van der Waals surface area contributed by atoms with Crippen LogP contribution in [-0.2, 0) is 9.59 Å². The first kappa shape index (κ1) is 14.0. The van der Waals surface area contributed by atoms with Crippen molar-refractivity contribution in [2.45, 2.75) is 18.9 Å². The molecule has 0 spiro atoms. The van der Waals surface area contributed by atoms with E-state index in [-0.39, 0.29) is 17.8 Å². The summed E-state index contributed by atoms with van der Waals surface area (Å²) in [5.41, 5.74) is 0. The number of imide groups is 1. The van der Waals surface area contributed by atoms with Crippen LogP contribution >= 0.6 is 0 Å². The molecule has 2 aromatic rings. The van der Waals surface area contributed by atoms with Gasteiger partial charge in [0.05, 0.1) is 0 Å². The summed E-state index contributed by atoms with van der Waals surface area (Å²) in [6.07, 6.45) is 2.25. The van der Waals surface area contributed by atoms with Gasteiger partial charge in [-0.05, 0) is 18.6 Å². The average Bonchev–Trinajstić information content (AvgIpc) is 2.52. The molecule has 7 nitrogen and oxygen atoms in total. The van der Waals surface area contributed by atoms with Crippen LogP contribution in [-0.4, -0.2) is 27.8 Å². The van der Waals surface area contributed by atoms with Crippen molar-refractivity contribution in [1.82, 2.24) is 15.3 Å². The Morgan fingerprint density at radius 2 is 2.00 bits per heavy atom. The fourth-order valence-corrected chi connectivity index (χ4v) is 2.06. The lowest BCUT2D eigenvalue weighted by atomic mass is 10.1. The first-order chi connectivity index (χ1) is 10.7. The van der Waals surface area contributed by atoms with Crippen molar-refractivity contribution >= 4 is 17.8 Å². The van der Waals surface area contributed by atoms with E-state index in [1.54, 1.807) is 12.3 Å². The molecule has 0 radical (unpaired) electrons. The zero-order chi connectivity index (χ0) is 15.4. The van der Waals surface area contributed by atoms with E-state index >= 15 is 0 Å². The number of piperidine rings is 1. The van der Waals surface area contributed by atoms with Gasteiger partial charge in [-0.15, -0.1) is 0 Å². The summed E-state index contributed by atoms with van der Waals surface area (Å²) in [5, 5.41) is 5.19. The molecular formula is C15H14N4O3. The fourth-order valence-electron chi connectivity index (χ4n) is 2.06. The number of carbonyl (C=O) groups is 2. The third-order valence-electron chi connectivity index (χ3n) is 3.14. The van der Waals surface area contributed by atoms with Gasteiger partial charge in [-0.1, -0.05) is 18.2 Å². The summed E-state index contributed by atoms with van der Waals surface area (Å²) in [6.45, 7) is 0. The van der Waals surface area contributed by atoms with Crippen LogP contribution < -0.4 is 15.4 Å². The number of ether oxygens (including phenoxy) is 1. The molecule has 22 heavy (non-hydrogen) atoms. The molecule has 112 valence electrons. The molecule has 1 atom stereocenters. The fraction of sp³-hybridized carbons (Fsp3) is 0.200. The number of rotatable bonds is 4. The highest BCUT2D eigenvalue weighted by molar-refractivity contribution is 6.01. The van der Waals surface area contributed by atoms with E-state index in [9.17, 15) is 9.59 Å². The van der Waals surface area contributed by atoms with Gasteiger partial charge in [0.15, 0.2) is 0 Å². The van der Waals surface area contributed by atoms with Crippen molar-refractivity contribution in [3.05, 3.63) is 42.6 Å². The summed E-state index contributed by atoms with van der Waals surface area (Å²) in [6, 6.07) is 10.3. The maximum absolute atomic E-state index is 11.7. The van der Waals surface area contributed by atoms with Gasteiger partial charge in [0.25, 0.3) is 0 Å². The van der Waals surface area contributed by atoms with Gasteiger partial charge in [0.1, 0.15) is 11.8 Å². The van der Waals surface area contributed by atoms with Crippen molar-refractivity contribution in [3.8, 4) is 11.6 Å². The summed E-state index contributed by atoms with van der Waals surface area (Å²) in [5.74, 6) is 0.687. The quantitative estimate of drug-likeness (QED) is 0.831. The molecule has 1 aromatic carbocycles. The van der Waals surface area contributed by atoms with E-state index in [0.29, 0.717) is 24.5 Å². The van der Waals surface area contributed by atoms with Gasteiger partial charge in [-0.25, -0.2) is 4.98 Å². The van der Waals surface area contributed by atoms with E-state index in [1.807, 2.05) is 30.3 Å². The Balaban J connectivity index is 1.69. The minimum Gasteiger partial charge on any atom is -0.439 e. The summed E-state index contributed by atoms with van der Waals surface area (Å²) in [7, 11) is 0. The van der Waals surface area contributed by atoms with Crippen LogP contribution in [0.4, 0.5) is 5.95 Å². The molecule has 7 heteroatoms. The minimum absolute atomic E-state index is 0.259. The van der Waals surface area contributed by atoms with Gasteiger partial charge in [0.2, 0.25) is 23.6 Å². The molecule has 1 fully saturated rings. The van der Waals surface area contributed by atoms with E-state index in [2.05, 4.69) is 20.6 Å². The molecule has 0 aliphatic carbocycles. The third kappa shape index (κ3) is 3.38. The number of anilines is 1. The van der Waals surface area contributed by atoms with Crippen LogP contribution in [0, 0.1) is 0 Å². The van der Waals surface area contributed by atoms with Crippen LogP contribution in [0.25, 0.3) is 0 Å². The first-order valence-electron chi connectivity index (χ1n) is 6.87. The lowest BCUT2D eigenvalue weighted by molar-refractivity contribution is -0.133. The number of aromatic nitrogens is 2. The molecule has 2 heterocycles. The third-order valence-corrected chi connectivity index (χ3v) is 3.14. The molecule has 1 aromatic heterocycles. The second kappa shape index (κ2) is 6.21. The van der Waals surface area contributed by atoms with Gasteiger partial charge in [0, 0.05) is 18.7 Å². The molecule has 0 bridgehead atoms. The largest absolute Gasteiger partial charge is 0.439 e. The smallest absolute Gasteiger partial charge is 0.249 e. The van der Waals surface area contributed by atoms with Crippen LogP contribution in [0.3, 0.4) is 0 Å². The molecule has 1 saturated heterocycles. The highest BCUT2D eigenvalue weighted by Crippen LogP contribution is 2.19. The van der Waals surface area contributed by atoms with Gasteiger partial charge >= 0.3 is 0 Å². The number of para-hydroxylation sites is 1. The average molecular weight is 298 g/mol. The minimum atomic E-state index is -0.523. The highest BCUT2D eigenvalue weighted by atomic mass is 16.5. The predicted octanol–water partition coefficient (Wildman–Crippen LogP) is 1.49. The Bertz CT molecular complexity index is 690. The number of hydrogen-bond donors (Lipinski definition) is 2. The SMILES string of the molecule is O=C1CCC(Nc2nccc(Oc3ccccc3)n2)C(=O)N1. The van der Waals surface area contributed by atoms with Crippen molar-refractivity contribution < 1.29 is 14.3 Å². The number of nitrogens with zero attached hydrogens (tertiary/aromatic N) is 2. The zero-order valence-electron chi connectivity index (χ0n) is 11.7. The topological polar surface area (TPSA) is 93.2 Å². The van der Waals surface area contributed by atoms with Crippen molar-refractivity contribution in [2.75, 3.05) is 5.32 Å². The van der Waals surface area contributed by atoms with Gasteiger partial charge in [-0.3, -0.25) is 14.9 Å². The Morgan fingerprint density at radius 3 is 2.77 bits per heavy atom. The van der Waals surface area contributed by atoms with Crippen LogP contribution in [0.2, 0.25) is 0 Å². The van der Waals surface area contributed by atoms with Crippen molar-refractivity contribution in [2.24, 2.45) is 0 Å². The Morgan fingerprint density at radius 1 is 1.18 bits per heavy atom. The summed E-state index contributed by atoms with van der Waals surface area (Å²) >= 11 is 0. The zero-order valence-corrected chi connectivity index (χ0v) is 11.7. The molecule has 1 unspecified atom stereocenters. The number of hydrogen-bond acceptors (Lipinski definition) is 6. The first-order valence-corrected chi connectivity index (χ1v) is 6.87. The molecule has 0 saturated carbocycles. The predicted molar refractivity (Wildman–Crippen MR) is 78.3 cm³/mol. The monoisotopic (exact) mass is 298 g/mol. The number of carbonyl (C=O) groups excluding carboxylic acids is 2. The van der Waals surface area contributed by atoms with Gasteiger partial charge in [-0.2, -0.15) is 4.98 Å². The standard InChI is InChI=1S/C15H14N4O3/c20-12-7-6-11(14(21)18-12)17-15-16-9-8-13(19-15)22-10-4-2-1-3-5-10/h1-5,8-9,11H,6-7H2,(H,16,17,19)(H,18,20,21). The summed E-state index contributed by atoms with van der Waals surface area (Å²) < 4.78 is 5.61. The molecule has 3 rings (SSSR count). The van der Waals surface area contributed by atoms with E-state index in [4.69, 9.17) is 4.74 Å². The van der Waals surface area contributed by atoms with E-state index in [1.165, 1.54) is 0 Å². The van der Waals surface area contributed by atoms with Crippen LogP contribution in [0.1, 0.15) is 12.8 Å². The maximum Gasteiger partial charge on any atom is 0.249 e. The second-order valence-electron chi connectivity index (χ2n) is 4.78. The lowest BCUT2D eigenvalue weighted by Crippen LogP contribution is -2.47. The highest BCUT2D eigenvalue weighted by Gasteiger charge is 2.26. The van der Waals surface area contributed by atoms with E-state index in [0.717, 1.165) is 0 Å². The van der Waals surface area contributed by atoms with Crippen LogP contribution in [0.5, 0.6) is 11.6 Å². The molecule has 2 N–H and O–H groups in total. The summed E-state index contributed by atoms with van der Waals surface area (Å²) in [4.78, 5) is 31.1. The number of amides is 2. The normalized spacial score (nSPS) is 17.7. The second-order valence-corrected chi connectivity index (χ2v) is 4.78. The molecule has 1 aliphatic heterocycles.